The van der Waals surface area contributed by atoms with E-state index in [1.165, 1.54) is 31.4 Å². The van der Waals surface area contributed by atoms with E-state index in [0.29, 0.717) is 28.7 Å². The van der Waals surface area contributed by atoms with Gasteiger partial charge in [0.2, 0.25) is 5.91 Å². The lowest BCUT2D eigenvalue weighted by molar-refractivity contribution is -0.136. The normalized spacial score (nSPS) is 11.4. The van der Waals surface area contributed by atoms with Gasteiger partial charge in [0.15, 0.2) is 11.5 Å². The third kappa shape index (κ3) is 6.28. The molecule has 0 saturated heterocycles. The second kappa shape index (κ2) is 10.2. The molecule has 1 N–H and O–H groups in total. The minimum atomic E-state index is -4.57. The number of hydrogen-bond acceptors (Lipinski definition) is 3. The third-order valence-corrected chi connectivity index (χ3v) is 4.66. The summed E-state index contributed by atoms with van der Waals surface area (Å²) in [6.07, 6.45) is -1.95. The van der Waals surface area contributed by atoms with E-state index in [1.54, 1.807) is 30.3 Å². The summed E-state index contributed by atoms with van der Waals surface area (Å²) in [5.41, 5.74) is 0.319. The second-order valence-corrected chi connectivity index (χ2v) is 7.13. The van der Waals surface area contributed by atoms with Gasteiger partial charge in [0, 0.05) is 11.1 Å². The van der Waals surface area contributed by atoms with Gasteiger partial charge in [0.05, 0.1) is 18.4 Å². The molecule has 8 heteroatoms. The van der Waals surface area contributed by atoms with Crippen LogP contribution < -0.4 is 14.8 Å². The molecule has 0 atom stereocenters. The molecule has 0 spiro atoms. The molecule has 0 fully saturated rings. The van der Waals surface area contributed by atoms with Gasteiger partial charge in [-0.3, -0.25) is 4.79 Å². The molecule has 0 aliphatic carbocycles. The maximum absolute atomic E-state index is 13.1. The molecule has 166 valence electrons. The zero-order chi connectivity index (χ0) is 23.1. The lowest BCUT2D eigenvalue weighted by atomic mass is 10.1. The summed E-state index contributed by atoms with van der Waals surface area (Å²) >= 11 is 5.87. The fraction of sp³-hybridized carbons (Fsp3) is 0.125. The maximum atomic E-state index is 13.1. The van der Waals surface area contributed by atoms with Gasteiger partial charge in [-0.15, -0.1) is 0 Å². The van der Waals surface area contributed by atoms with Crippen LogP contribution in [0.15, 0.2) is 72.8 Å². The van der Waals surface area contributed by atoms with E-state index in [2.05, 4.69) is 5.32 Å². The minimum absolute atomic E-state index is 0.307. The van der Waals surface area contributed by atoms with E-state index >= 15 is 0 Å². The molecule has 0 radical (unpaired) electrons. The summed E-state index contributed by atoms with van der Waals surface area (Å²) in [5.74, 6) is 0.260. The summed E-state index contributed by atoms with van der Waals surface area (Å²) in [6, 6.07) is 17.1. The Balaban J connectivity index is 1.67. The molecular formula is C24H19ClF3NO3. The van der Waals surface area contributed by atoms with Crippen molar-refractivity contribution in [3.8, 4) is 11.5 Å². The first kappa shape index (κ1) is 23.2. The van der Waals surface area contributed by atoms with E-state index in [1.807, 2.05) is 12.1 Å². The Kier molecular flexibility index (Phi) is 7.43. The average Bonchev–Trinajstić information content (AvgIpc) is 2.77. The molecule has 3 aromatic carbocycles. The van der Waals surface area contributed by atoms with E-state index in [0.717, 1.165) is 17.7 Å². The number of amides is 1. The Labute approximate surface area is 188 Å². The molecule has 3 rings (SSSR count). The second-order valence-electron chi connectivity index (χ2n) is 6.69. The Hall–Kier alpha value is -3.45. The number of carbonyl (C=O) groups excluding carboxylic acids is 1. The lowest BCUT2D eigenvalue weighted by Crippen LogP contribution is -2.14. The van der Waals surface area contributed by atoms with Crippen LogP contribution in [-0.2, 0) is 17.6 Å². The van der Waals surface area contributed by atoms with Gasteiger partial charge in [-0.05, 0) is 53.6 Å². The van der Waals surface area contributed by atoms with Crippen molar-refractivity contribution in [2.24, 2.45) is 0 Å². The highest BCUT2D eigenvalue weighted by Gasteiger charge is 2.33. The number of anilines is 1. The summed E-state index contributed by atoms with van der Waals surface area (Å²) in [4.78, 5) is 12.1. The van der Waals surface area contributed by atoms with Crippen LogP contribution in [0.3, 0.4) is 0 Å². The zero-order valence-electron chi connectivity index (χ0n) is 16.9. The molecule has 0 aliphatic heterocycles. The highest BCUT2D eigenvalue weighted by Crippen LogP contribution is 2.34. The maximum Gasteiger partial charge on any atom is 0.418 e. The number of alkyl halides is 3. The fourth-order valence-corrected chi connectivity index (χ4v) is 2.96. The fourth-order valence-electron chi connectivity index (χ4n) is 2.83. The SMILES string of the molecule is COc1cc(/C=C/C(=O)Nc2ccccc2C(F)(F)F)ccc1OCc1ccc(Cl)cc1. The quantitative estimate of drug-likeness (QED) is 0.403. The van der Waals surface area contributed by atoms with Crippen LogP contribution in [0.1, 0.15) is 16.7 Å². The summed E-state index contributed by atoms with van der Waals surface area (Å²) in [6.45, 7) is 0.309. The molecule has 32 heavy (non-hydrogen) atoms. The third-order valence-electron chi connectivity index (χ3n) is 4.41. The molecule has 0 bridgehead atoms. The number of para-hydroxylation sites is 1. The van der Waals surface area contributed by atoms with Gasteiger partial charge in [0.25, 0.3) is 0 Å². The first-order valence-corrected chi connectivity index (χ1v) is 9.84. The van der Waals surface area contributed by atoms with Crippen LogP contribution in [0.2, 0.25) is 5.02 Å². The first-order valence-electron chi connectivity index (χ1n) is 9.47. The lowest BCUT2D eigenvalue weighted by Gasteiger charge is -2.12. The molecule has 0 heterocycles. The number of halogens is 4. The number of nitrogens with one attached hydrogen (secondary N) is 1. The summed E-state index contributed by atoms with van der Waals surface area (Å²) < 4.78 is 50.3. The van der Waals surface area contributed by atoms with Gasteiger partial charge in [0.1, 0.15) is 6.61 Å². The predicted molar refractivity (Wildman–Crippen MR) is 118 cm³/mol. The monoisotopic (exact) mass is 461 g/mol. The van der Waals surface area contributed by atoms with Gasteiger partial charge >= 0.3 is 6.18 Å². The van der Waals surface area contributed by atoms with E-state index in [9.17, 15) is 18.0 Å². The van der Waals surface area contributed by atoms with Crippen LogP contribution >= 0.6 is 11.6 Å². The zero-order valence-corrected chi connectivity index (χ0v) is 17.7. The highest BCUT2D eigenvalue weighted by molar-refractivity contribution is 6.30. The number of rotatable bonds is 7. The van der Waals surface area contributed by atoms with Gasteiger partial charge in [-0.25, -0.2) is 0 Å². The van der Waals surface area contributed by atoms with Crippen LogP contribution in [0.5, 0.6) is 11.5 Å². The number of methoxy groups -OCH3 is 1. The van der Waals surface area contributed by atoms with Crippen molar-refractivity contribution in [1.82, 2.24) is 0 Å². The minimum Gasteiger partial charge on any atom is -0.493 e. The standard InChI is InChI=1S/C24H19ClF3NO3/c1-31-22-14-16(8-12-21(22)32-15-17-6-10-18(25)11-7-17)9-13-23(30)29-20-5-3-2-4-19(20)24(26,27)28/h2-14H,15H2,1H3,(H,29,30)/b13-9+. The summed E-state index contributed by atoms with van der Waals surface area (Å²) in [5, 5.41) is 2.89. The molecule has 3 aromatic rings. The van der Waals surface area contributed by atoms with E-state index in [4.69, 9.17) is 21.1 Å². The first-order chi connectivity index (χ1) is 15.3. The van der Waals surface area contributed by atoms with Crippen LogP contribution in [-0.4, -0.2) is 13.0 Å². The van der Waals surface area contributed by atoms with E-state index in [-0.39, 0.29) is 5.69 Å². The average molecular weight is 462 g/mol. The largest absolute Gasteiger partial charge is 0.493 e. The number of benzene rings is 3. The molecule has 0 saturated carbocycles. The van der Waals surface area contributed by atoms with Crippen molar-refractivity contribution >= 4 is 29.3 Å². The van der Waals surface area contributed by atoms with E-state index < -0.39 is 17.6 Å². The van der Waals surface area contributed by atoms with Gasteiger partial charge in [-0.2, -0.15) is 13.2 Å². The molecule has 4 nitrogen and oxygen atoms in total. The summed E-state index contributed by atoms with van der Waals surface area (Å²) in [7, 11) is 1.48. The Bertz CT molecular complexity index is 1110. The highest BCUT2D eigenvalue weighted by atomic mass is 35.5. The Morgan fingerprint density at radius 3 is 2.44 bits per heavy atom. The van der Waals surface area contributed by atoms with Crippen molar-refractivity contribution in [3.05, 3.63) is 94.5 Å². The van der Waals surface area contributed by atoms with Crippen molar-refractivity contribution in [1.29, 1.82) is 0 Å². The smallest absolute Gasteiger partial charge is 0.418 e. The van der Waals surface area contributed by atoms with Gasteiger partial charge < -0.3 is 14.8 Å². The Morgan fingerprint density at radius 2 is 1.75 bits per heavy atom. The van der Waals surface area contributed by atoms with Gasteiger partial charge in [-0.1, -0.05) is 41.9 Å². The van der Waals surface area contributed by atoms with Crippen molar-refractivity contribution in [2.75, 3.05) is 12.4 Å². The van der Waals surface area contributed by atoms with Crippen LogP contribution in [0, 0.1) is 0 Å². The topological polar surface area (TPSA) is 47.6 Å². The molecule has 0 aliphatic rings. The molecule has 0 aromatic heterocycles. The van der Waals surface area contributed by atoms with Crippen molar-refractivity contribution < 1.29 is 27.4 Å². The number of carbonyl (C=O) groups is 1. The molecule has 0 unspecified atom stereocenters. The number of hydrogen-bond donors (Lipinski definition) is 1. The number of ether oxygens (including phenoxy) is 2. The molecular weight excluding hydrogens is 443 g/mol. The van der Waals surface area contributed by atoms with Crippen LogP contribution in [0.25, 0.3) is 6.08 Å². The predicted octanol–water partition coefficient (Wildman–Crippen LogP) is 6.60. The molecule has 1 amide bonds. The Morgan fingerprint density at radius 1 is 1.03 bits per heavy atom. The van der Waals surface area contributed by atoms with Crippen molar-refractivity contribution in [2.45, 2.75) is 12.8 Å². The van der Waals surface area contributed by atoms with Crippen LogP contribution in [0.4, 0.5) is 18.9 Å². The van der Waals surface area contributed by atoms with Crippen molar-refractivity contribution in [3.63, 3.8) is 0 Å².